The minimum absolute atomic E-state index is 0.00566. The molecule has 3 rings (SSSR count). The van der Waals surface area contributed by atoms with Crippen LogP contribution in [0.15, 0.2) is 24.3 Å². The van der Waals surface area contributed by atoms with E-state index in [-0.39, 0.29) is 17.9 Å². The maximum absolute atomic E-state index is 12.2. The van der Waals surface area contributed by atoms with Crippen molar-refractivity contribution in [3.05, 3.63) is 24.3 Å². The Morgan fingerprint density at radius 3 is 2.55 bits per heavy atom. The number of ether oxygens (including phenoxy) is 1. The fourth-order valence-electron chi connectivity index (χ4n) is 2.52. The van der Waals surface area contributed by atoms with Crippen LogP contribution in [0, 0.1) is 0 Å². The fourth-order valence-corrected chi connectivity index (χ4v) is 2.52. The van der Waals surface area contributed by atoms with Crippen LogP contribution in [0.25, 0.3) is 0 Å². The van der Waals surface area contributed by atoms with Gasteiger partial charge in [0, 0.05) is 18.2 Å². The molecule has 5 heteroatoms. The van der Waals surface area contributed by atoms with Gasteiger partial charge in [-0.1, -0.05) is 0 Å². The molecule has 1 aromatic rings. The third-order valence-corrected chi connectivity index (χ3v) is 3.79. The van der Waals surface area contributed by atoms with Gasteiger partial charge in [-0.15, -0.1) is 0 Å². The van der Waals surface area contributed by atoms with Crippen molar-refractivity contribution in [3.63, 3.8) is 0 Å². The molecule has 5 nitrogen and oxygen atoms in total. The number of hydrogen-bond acceptors (Lipinski definition) is 3. The smallest absolute Gasteiger partial charge is 0.243 e. The van der Waals surface area contributed by atoms with Crippen molar-refractivity contribution in [2.24, 2.45) is 0 Å². The Labute approximate surface area is 117 Å². The molecule has 1 unspecified atom stereocenters. The first-order valence-electron chi connectivity index (χ1n) is 6.95. The second-order valence-corrected chi connectivity index (χ2v) is 5.30. The number of rotatable bonds is 4. The molecule has 2 fully saturated rings. The predicted molar refractivity (Wildman–Crippen MR) is 74.7 cm³/mol. The van der Waals surface area contributed by atoms with Crippen molar-refractivity contribution in [2.75, 3.05) is 12.0 Å². The van der Waals surface area contributed by atoms with Gasteiger partial charge in [-0.2, -0.15) is 0 Å². The lowest BCUT2D eigenvalue weighted by molar-refractivity contribution is -0.124. The van der Waals surface area contributed by atoms with Crippen molar-refractivity contribution < 1.29 is 14.3 Å². The van der Waals surface area contributed by atoms with E-state index >= 15 is 0 Å². The summed E-state index contributed by atoms with van der Waals surface area (Å²) in [7, 11) is 1.60. The number of anilines is 1. The lowest BCUT2D eigenvalue weighted by Crippen LogP contribution is -2.45. The van der Waals surface area contributed by atoms with E-state index in [1.165, 1.54) is 0 Å². The minimum Gasteiger partial charge on any atom is -0.497 e. The summed E-state index contributed by atoms with van der Waals surface area (Å²) >= 11 is 0. The zero-order valence-corrected chi connectivity index (χ0v) is 11.5. The Bertz CT molecular complexity index is 522. The molecule has 0 spiro atoms. The number of nitrogens with zero attached hydrogens (tertiary/aromatic N) is 1. The van der Waals surface area contributed by atoms with E-state index in [4.69, 9.17) is 4.74 Å². The van der Waals surface area contributed by atoms with Crippen LogP contribution in [-0.2, 0) is 9.59 Å². The summed E-state index contributed by atoms with van der Waals surface area (Å²) in [5, 5.41) is 2.98. The standard InChI is InChI=1S/C15H18N2O3/c1-20-12-6-4-11(5-7-12)17-13(8-9-14(17)18)15(19)16-10-2-3-10/h4-7,10,13H,2-3,8-9H2,1H3,(H,16,19). The maximum Gasteiger partial charge on any atom is 0.243 e. The third-order valence-electron chi connectivity index (χ3n) is 3.79. The van der Waals surface area contributed by atoms with Gasteiger partial charge in [0.15, 0.2) is 0 Å². The Morgan fingerprint density at radius 1 is 1.25 bits per heavy atom. The number of methoxy groups -OCH3 is 1. The van der Waals surface area contributed by atoms with Crippen LogP contribution >= 0.6 is 0 Å². The van der Waals surface area contributed by atoms with Gasteiger partial charge in [0.05, 0.1) is 7.11 Å². The van der Waals surface area contributed by atoms with Gasteiger partial charge in [0.1, 0.15) is 11.8 Å². The van der Waals surface area contributed by atoms with Gasteiger partial charge in [-0.25, -0.2) is 0 Å². The van der Waals surface area contributed by atoms with Gasteiger partial charge in [-0.05, 0) is 43.5 Å². The van der Waals surface area contributed by atoms with E-state index in [1.54, 1.807) is 24.1 Å². The Morgan fingerprint density at radius 2 is 1.95 bits per heavy atom. The zero-order valence-electron chi connectivity index (χ0n) is 11.5. The summed E-state index contributed by atoms with van der Waals surface area (Å²) in [6, 6.07) is 7.18. The van der Waals surface area contributed by atoms with E-state index in [2.05, 4.69) is 5.32 Å². The number of carbonyl (C=O) groups is 2. The van der Waals surface area contributed by atoms with Crippen LogP contribution in [0.1, 0.15) is 25.7 Å². The SMILES string of the molecule is COc1ccc(N2C(=O)CCC2C(=O)NC2CC2)cc1. The second kappa shape index (κ2) is 5.15. The minimum atomic E-state index is -0.378. The molecule has 2 aliphatic rings. The van der Waals surface area contributed by atoms with E-state index in [0.717, 1.165) is 24.3 Å². The summed E-state index contributed by atoms with van der Waals surface area (Å²) in [5.74, 6) is 0.708. The normalized spacial score (nSPS) is 21.9. The highest BCUT2D eigenvalue weighted by Crippen LogP contribution is 2.29. The summed E-state index contributed by atoms with van der Waals surface area (Å²) < 4.78 is 5.11. The van der Waals surface area contributed by atoms with Gasteiger partial charge < -0.3 is 10.1 Å². The van der Waals surface area contributed by atoms with Gasteiger partial charge >= 0.3 is 0 Å². The molecule has 1 atom stereocenters. The average molecular weight is 274 g/mol. The molecule has 0 radical (unpaired) electrons. The van der Waals surface area contributed by atoms with Gasteiger partial charge in [0.25, 0.3) is 0 Å². The molecule has 1 aliphatic carbocycles. The lowest BCUT2D eigenvalue weighted by Gasteiger charge is -2.24. The molecule has 2 amide bonds. The number of amides is 2. The van der Waals surface area contributed by atoms with E-state index in [1.807, 2.05) is 12.1 Å². The second-order valence-electron chi connectivity index (χ2n) is 5.30. The fraction of sp³-hybridized carbons (Fsp3) is 0.467. The topological polar surface area (TPSA) is 58.6 Å². The molecule has 106 valence electrons. The largest absolute Gasteiger partial charge is 0.497 e. The van der Waals surface area contributed by atoms with Crippen LogP contribution < -0.4 is 15.0 Å². The van der Waals surface area contributed by atoms with E-state index < -0.39 is 0 Å². The molecule has 1 heterocycles. The van der Waals surface area contributed by atoms with Gasteiger partial charge in [-0.3, -0.25) is 14.5 Å². The van der Waals surface area contributed by atoms with Crippen LogP contribution in [0.4, 0.5) is 5.69 Å². The number of carbonyl (C=O) groups excluding carboxylic acids is 2. The highest BCUT2D eigenvalue weighted by Gasteiger charge is 2.38. The van der Waals surface area contributed by atoms with Crippen molar-refractivity contribution in [1.82, 2.24) is 5.32 Å². The van der Waals surface area contributed by atoms with Gasteiger partial charge in [0.2, 0.25) is 11.8 Å². The zero-order chi connectivity index (χ0) is 14.1. The summed E-state index contributed by atoms with van der Waals surface area (Å²) in [6.07, 6.45) is 3.11. The molecule has 1 saturated carbocycles. The molecule has 0 bridgehead atoms. The molecule has 1 N–H and O–H groups in total. The number of benzene rings is 1. The lowest BCUT2D eigenvalue weighted by atomic mass is 10.2. The highest BCUT2D eigenvalue weighted by molar-refractivity contribution is 6.03. The monoisotopic (exact) mass is 274 g/mol. The van der Waals surface area contributed by atoms with E-state index in [9.17, 15) is 9.59 Å². The highest BCUT2D eigenvalue weighted by atomic mass is 16.5. The van der Waals surface area contributed by atoms with Crippen LogP contribution in [0.5, 0.6) is 5.75 Å². The Kier molecular flexibility index (Phi) is 3.34. The first kappa shape index (κ1) is 13.0. The van der Waals surface area contributed by atoms with E-state index in [0.29, 0.717) is 18.9 Å². The molecular weight excluding hydrogens is 256 g/mol. The summed E-state index contributed by atoms with van der Waals surface area (Å²) in [6.45, 7) is 0. The number of nitrogens with one attached hydrogen (secondary N) is 1. The molecule has 0 aromatic heterocycles. The predicted octanol–water partition coefficient (Wildman–Crippen LogP) is 1.47. The Balaban J connectivity index is 1.79. The maximum atomic E-state index is 12.2. The summed E-state index contributed by atoms with van der Waals surface area (Å²) in [4.78, 5) is 25.9. The van der Waals surface area contributed by atoms with Crippen LogP contribution in [-0.4, -0.2) is 31.0 Å². The first-order chi connectivity index (χ1) is 9.69. The molecule has 20 heavy (non-hydrogen) atoms. The molecule has 1 aliphatic heterocycles. The van der Waals surface area contributed by atoms with Crippen molar-refractivity contribution in [2.45, 2.75) is 37.8 Å². The third kappa shape index (κ3) is 2.48. The number of hydrogen-bond donors (Lipinski definition) is 1. The molecule has 1 aromatic carbocycles. The van der Waals surface area contributed by atoms with Crippen molar-refractivity contribution in [3.8, 4) is 5.75 Å². The van der Waals surface area contributed by atoms with Crippen LogP contribution in [0.3, 0.4) is 0 Å². The Hall–Kier alpha value is -2.04. The average Bonchev–Trinajstić information content (AvgIpc) is 3.19. The first-order valence-corrected chi connectivity index (χ1v) is 6.95. The van der Waals surface area contributed by atoms with Crippen molar-refractivity contribution >= 4 is 17.5 Å². The summed E-state index contributed by atoms with van der Waals surface area (Å²) in [5.41, 5.74) is 0.754. The van der Waals surface area contributed by atoms with Crippen LogP contribution in [0.2, 0.25) is 0 Å². The molecule has 1 saturated heterocycles. The van der Waals surface area contributed by atoms with Crippen molar-refractivity contribution in [1.29, 1.82) is 0 Å². The quantitative estimate of drug-likeness (QED) is 0.904. The molecular formula is C15H18N2O3.